The van der Waals surface area contributed by atoms with E-state index in [-0.39, 0.29) is 18.6 Å². The maximum absolute atomic E-state index is 11.0. The normalized spacial score (nSPS) is 17.9. The number of ether oxygens (including phenoxy) is 1. The highest BCUT2D eigenvalue weighted by Crippen LogP contribution is 2.04. The van der Waals surface area contributed by atoms with E-state index < -0.39 is 0 Å². The fraction of sp³-hybridized carbons (Fsp3) is 0.571. The van der Waals surface area contributed by atoms with Crippen LogP contribution in [0.4, 0.5) is 0 Å². The molecule has 0 fully saturated rings. The Morgan fingerprint density at radius 2 is 2.40 bits per heavy atom. The van der Waals surface area contributed by atoms with E-state index in [1.807, 2.05) is 13.8 Å². The summed E-state index contributed by atoms with van der Waals surface area (Å²) in [6, 6.07) is 0.229. The summed E-state index contributed by atoms with van der Waals surface area (Å²) >= 11 is 0. The van der Waals surface area contributed by atoms with Gasteiger partial charge in [-0.1, -0.05) is 0 Å². The predicted molar refractivity (Wildman–Crippen MR) is 37.1 cm³/mol. The number of carbonyl (C=O) groups is 1. The molecule has 1 aliphatic rings. The number of nitrogens with zero attached hydrogens (tertiary/aromatic N) is 1. The first-order chi connectivity index (χ1) is 4.72. The summed E-state index contributed by atoms with van der Waals surface area (Å²) in [5, 5.41) is 0. The zero-order chi connectivity index (χ0) is 7.56. The summed E-state index contributed by atoms with van der Waals surface area (Å²) in [7, 11) is 0. The van der Waals surface area contributed by atoms with Gasteiger partial charge in [0.05, 0.1) is 6.26 Å². The van der Waals surface area contributed by atoms with Gasteiger partial charge in [-0.15, -0.1) is 0 Å². The minimum Gasteiger partial charge on any atom is -0.490 e. The molecule has 1 heterocycles. The lowest BCUT2D eigenvalue weighted by molar-refractivity contribution is -0.134. The Hall–Kier alpha value is -0.990. The van der Waals surface area contributed by atoms with Crippen LogP contribution in [-0.4, -0.2) is 23.5 Å². The van der Waals surface area contributed by atoms with Gasteiger partial charge in [0.25, 0.3) is 5.91 Å². The molecule has 0 aromatic rings. The van der Waals surface area contributed by atoms with Crippen LogP contribution in [0.5, 0.6) is 0 Å². The molecule has 0 saturated carbocycles. The standard InChI is InChI=1S/C7H11NO2/c1-6(2)8-3-4-10-5-7(8)9/h3-4,6H,5H2,1-2H3. The van der Waals surface area contributed by atoms with Crippen LogP contribution in [0.1, 0.15) is 13.8 Å². The van der Waals surface area contributed by atoms with Crippen LogP contribution in [0.15, 0.2) is 12.5 Å². The molecule has 0 aromatic carbocycles. The molecule has 0 aromatic heterocycles. The van der Waals surface area contributed by atoms with Gasteiger partial charge in [-0.25, -0.2) is 0 Å². The molecular formula is C7H11NO2. The lowest BCUT2D eigenvalue weighted by Crippen LogP contribution is -2.36. The zero-order valence-electron chi connectivity index (χ0n) is 6.20. The molecule has 56 valence electrons. The second-order valence-electron chi connectivity index (χ2n) is 2.49. The SMILES string of the molecule is CC(C)N1C=COCC1=O. The third kappa shape index (κ3) is 1.29. The van der Waals surface area contributed by atoms with Crippen molar-refractivity contribution in [3.63, 3.8) is 0 Å². The van der Waals surface area contributed by atoms with Crippen LogP contribution in [0.25, 0.3) is 0 Å². The van der Waals surface area contributed by atoms with Gasteiger partial charge < -0.3 is 9.64 Å². The van der Waals surface area contributed by atoms with Crippen molar-refractivity contribution < 1.29 is 9.53 Å². The van der Waals surface area contributed by atoms with Gasteiger partial charge in [-0.2, -0.15) is 0 Å². The van der Waals surface area contributed by atoms with E-state index in [4.69, 9.17) is 4.74 Å². The highest BCUT2D eigenvalue weighted by Gasteiger charge is 2.16. The van der Waals surface area contributed by atoms with E-state index in [0.29, 0.717) is 0 Å². The maximum atomic E-state index is 11.0. The van der Waals surface area contributed by atoms with E-state index in [1.54, 1.807) is 17.4 Å². The van der Waals surface area contributed by atoms with Crippen LogP contribution >= 0.6 is 0 Å². The largest absolute Gasteiger partial charge is 0.490 e. The highest BCUT2D eigenvalue weighted by molar-refractivity contribution is 5.79. The molecule has 0 saturated heterocycles. The summed E-state index contributed by atoms with van der Waals surface area (Å²) in [5.41, 5.74) is 0. The molecule has 3 heteroatoms. The fourth-order valence-corrected chi connectivity index (χ4v) is 0.846. The summed E-state index contributed by atoms with van der Waals surface area (Å²) in [6.07, 6.45) is 3.21. The van der Waals surface area contributed by atoms with Crippen molar-refractivity contribution in [3.05, 3.63) is 12.5 Å². The van der Waals surface area contributed by atoms with Gasteiger partial charge >= 0.3 is 0 Å². The van der Waals surface area contributed by atoms with E-state index in [9.17, 15) is 4.79 Å². The Balaban J connectivity index is 2.64. The molecule has 1 amide bonds. The van der Waals surface area contributed by atoms with Gasteiger partial charge in [-0.05, 0) is 13.8 Å². The van der Waals surface area contributed by atoms with Gasteiger partial charge in [0, 0.05) is 12.2 Å². The Labute approximate surface area is 60.3 Å². The van der Waals surface area contributed by atoms with Gasteiger partial charge in [-0.3, -0.25) is 4.79 Å². The van der Waals surface area contributed by atoms with Crippen LogP contribution in [0, 0.1) is 0 Å². The fourth-order valence-electron chi connectivity index (χ4n) is 0.846. The molecule has 1 aliphatic heterocycles. The van der Waals surface area contributed by atoms with Crippen molar-refractivity contribution in [1.29, 1.82) is 0 Å². The van der Waals surface area contributed by atoms with Crippen LogP contribution < -0.4 is 0 Å². The van der Waals surface area contributed by atoms with Gasteiger partial charge in [0.2, 0.25) is 0 Å². The van der Waals surface area contributed by atoms with E-state index in [1.165, 1.54) is 0 Å². The average Bonchev–Trinajstić information content (AvgIpc) is 1.88. The van der Waals surface area contributed by atoms with Crippen molar-refractivity contribution in [2.45, 2.75) is 19.9 Å². The van der Waals surface area contributed by atoms with Crippen LogP contribution in [-0.2, 0) is 9.53 Å². The third-order valence-corrected chi connectivity index (χ3v) is 1.37. The second-order valence-corrected chi connectivity index (χ2v) is 2.49. The van der Waals surface area contributed by atoms with E-state index in [0.717, 1.165) is 0 Å². The summed E-state index contributed by atoms with van der Waals surface area (Å²) in [5.74, 6) is 0.0255. The van der Waals surface area contributed by atoms with E-state index in [2.05, 4.69) is 0 Å². The molecule has 0 atom stereocenters. The maximum Gasteiger partial charge on any atom is 0.264 e. The first kappa shape index (κ1) is 7.12. The van der Waals surface area contributed by atoms with Crippen molar-refractivity contribution >= 4 is 5.91 Å². The number of amides is 1. The number of rotatable bonds is 1. The number of hydrogen-bond donors (Lipinski definition) is 0. The topological polar surface area (TPSA) is 29.5 Å². The number of carbonyl (C=O) groups excluding carboxylic acids is 1. The summed E-state index contributed by atoms with van der Waals surface area (Å²) in [6.45, 7) is 4.11. The minimum absolute atomic E-state index is 0.0255. The van der Waals surface area contributed by atoms with Gasteiger partial charge in [0.15, 0.2) is 6.61 Å². The smallest absolute Gasteiger partial charge is 0.264 e. The zero-order valence-corrected chi connectivity index (χ0v) is 6.20. The lowest BCUT2D eigenvalue weighted by Gasteiger charge is -2.24. The Morgan fingerprint density at radius 3 is 2.80 bits per heavy atom. The van der Waals surface area contributed by atoms with Crippen LogP contribution in [0.2, 0.25) is 0 Å². The molecule has 0 spiro atoms. The molecule has 0 bridgehead atoms. The molecule has 0 N–H and O–H groups in total. The van der Waals surface area contributed by atoms with Crippen molar-refractivity contribution in [2.24, 2.45) is 0 Å². The molecule has 0 unspecified atom stereocenters. The van der Waals surface area contributed by atoms with Crippen molar-refractivity contribution in [2.75, 3.05) is 6.61 Å². The molecule has 1 rings (SSSR count). The second kappa shape index (κ2) is 2.73. The molecule has 3 nitrogen and oxygen atoms in total. The monoisotopic (exact) mass is 141 g/mol. The summed E-state index contributed by atoms with van der Waals surface area (Å²) < 4.78 is 4.79. The van der Waals surface area contributed by atoms with Crippen LogP contribution in [0.3, 0.4) is 0 Å². The quantitative estimate of drug-likeness (QED) is 0.538. The molecular weight excluding hydrogens is 130 g/mol. The average molecular weight is 141 g/mol. The molecule has 0 radical (unpaired) electrons. The predicted octanol–water partition coefficient (Wildman–Crippen LogP) is 0.725. The Morgan fingerprint density at radius 1 is 1.70 bits per heavy atom. The third-order valence-electron chi connectivity index (χ3n) is 1.37. The Bertz CT molecular complexity index is 163. The number of hydrogen-bond acceptors (Lipinski definition) is 2. The molecule has 10 heavy (non-hydrogen) atoms. The summed E-state index contributed by atoms with van der Waals surface area (Å²) in [4.78, 5) is 12.6. The first-order valence-electron chi connectivity index (χ1n) is 3.31. The van der Waals surface area contributed by atoms with Crippen molar-refractivity contribution in [1.82, 2.24) is 4.90 Å². The Kier molecular flexibility index (Phi) is 1.94. The lowest BCUT2D eigenvalue weighted by atomic mass is 10.3. The highest BCUT2D eigenvalue weighted by atomic mass is 16.5. The first-order valence-corrected chi connectivity index (χ1v) is 3.31. The van der Waals surface area contributed by atoms with Gasteiger partial charge in [0.1, 0.15) is 0 Å². The minimum atomic E-state index is 0.0255. The van der Waals surface area contributed by atoms with E-state index >= 15 is 0 Å². The molecule has 0 aliphatic carbocycles. The van der Waals surface area contributed by atoms with Crippen molar-refractivity contribution in [3.8, 4) is 0 Å².